The van der Waals surface area contributed by atoms with Crippen LogP contribution in [0.15, 0.2) is 29.1 Å². The second-order valence-corrected chi connectivity index (χ2v) is 7.97. The molecule has 1 fully saturated rings. The van der Waals surface area contributed by atoms with Crippen molar-refractivity contribution in [3.05, 3.63) is 56.8 Å². The van der Waals surface area contributed by atoms with Gasteiger partial charge < -0.3 is 15.3 Å². The van der Waals surface area contributed by atoms with Gasteiger partial charge in [-0.05, 0) is 31.2 Å². The fraction of sp³-hybridized carbons (Fsp3) is 0.300. The van der Waals surface area contributed by atoms with Crippen LogP contribution in [-0.2, 0) is 7.05 Å². The highest BCUT2D eigenvalue weighted by Gasteiger charge is 2.45. The van der Waals surface area contributed by atoms with Crippen LogP contribution in [0.25, 0.3) is 10.9 Å². The van der Waals surface area contributed by atoms with Crippen LogP contribution in [0.3, 0.4) is 0 Å². The molecule has 12 heteroatoms. The van der Waals surface area contributed by atoms with E-state index in [0.717, 1.165) is 16.7 Å². The van der Waals surface area contributed by atoms with Crippen LogP contribution in [0.5, 0.6) is 0 Å². The van der Waals surface area contributed by atoms with E-state index in [1.54, 1.807) is 6.92 Å². The van der Waals surface area contributed by atoms with Gasteiger partial charge in [-0.1, -0.05) is 11.6 Å². The third kappa shape index (κ3) is 3.83. The monoisotopic (exact) mass is 467 g/mol. The molecule has 3 heterocycles. The number of anilines is 2. The quantitative estimate of drug-likeness (QED) is 0.554. The maximum absolute atomic E-state index is 14.4. The zero-order valence-corrected chi connectivity index (χ0v) is 17.6. The first kappa shape index (κ1) is 21.9. The normalized spacial score (nSPS) is 16.0. The predicted octanol–water partition coefficient (Wildman–Crippen LogP) is 3.45. The molecule has 2 N–H and O–H groups in total. The van der Waals surface area contributed by atoms with E-state index in [1.807, 2.05) is 0 Å². The Hall–Kier alpha value is -3.34. The van der Waals surface area contributed by atoms with Crippen LogP contribution in [0.1, 0.15) is 29.0 Å². The molecular weight excluding hydrogens is 451 g/mol. The number of carbonyl (C=O) groups is 1. The van der Waals surface area contributed by atoms with Gasteiger partial charge in [0.1, 0.15) is 11.0 Å². The molecule has 0 bridgehead atoms. The van der Waals surface area contributed by atoms with Crippen molar-refractivity contribution in [2.75, 3.05) is 23.3 Å². The summed E-state index contributed by atoms with van der Waals surface area (Å²) in [4.78, 5) is 33.8. The lowest BCUT2D eigenvalue weighted by molar-refractivity contribution is -0.0275. The summed E-state index contributed by atoms with van der Waals surface area (Å²) in [6, 6.07) is 4.27. The fourth-order valence-electron chi connectivity index (χ4n) is 3.65. The first-order chi connectivity index (χ1) is 15.0. The summed E-state index contributed by atoms with van der Waals surface area (Å²) in [5.41, 5.74) is -0.431. The van der Waals surface area contributed by atoms with Crippen molar-refractivity contribution in [3.63, 3.8) is 0 Å². The zero-order chi connectivity index (χ0) is 23.4. The first-order valence-electron chi connectivity index (χ1n) is 9.46. The van der Waals surface area contributed by atoms with Crippen LogP contribution in [0, 0.1) is 5.82 Å². The highest BCUT2D eigenvalue weighted by Crippen LogP contribution is 2.32. The number of aromatic carboxylic acids is 1. The molecular formula is C20H17ClF3N5O3. The number of benzene rings is 1. The SMILES string of the molecule is C[C@H](Nc1ccc(Cl)nc1C(=O)O)c1cc(F)cc2c(=O)n(C)c(N3CC(F)(F)C3)nc12. The fourth-order valence-corrected chi connectivity index (χ4v) is 3.79. The molecule has 0 radical (unpaired) electrons. The number of carboxylic acids is 1. The molecule has 0 spiro atoms. The number of carboxylic acid groups (broad SMARTS) is 1. The third-order valence-corrected chi connectivity index (χ3v) is 5.39. The standard InChI is InChI=1S/C20H17ClF3N5O3/c1-9(25-13-3-4-14(21)26-16(13)18(31)32)11-5-10(22)6-12-15(11)27-19(28(2)17(12)30)29-7-20(23,24)8-29/h3-6,9,25H,7-8H2,1-2H3,(H,31,32)/t9-/m0/s1. The molecule has 4 rings (SSSR count). The van der Waals surface area contributed by atoms with Crippen LogP contribution < -0.4 is 15.8 Å². The smallest absolute Gasteiger partial charge is 0.356 e. The van der Waals surface area contributed by atoms with E-state index in [-0.39, 0.29) is 38.9 Å². The summed E-state index contributed by atoms with van der Waals surface area (Å²) in [7, 11) is 1.38. The Labute approximate surface area is 184 Å². The van der Waals surface area contributed by atoms with Gasteiger partial charge in [0.2, 0.25) is 5.95 Å². The molecule has 32 heavy (non-hydrogen) atoms. The highest BCUT2D eigenvalue weighted by atomic mass is 35.5. The average Bonchev–Trinajstić information content (AvgIpc) is 2.69. The Morgan fingerprint density at radius 3 is 2.59 bits per heavy atom. The van der Waals surface area contributed by atoms with E-state index >= 15 is 0 Å². The number of rotatable bonds is 5. The average molecular weight is 468 g/mol. The van der Waals surface area contributed by atoms with Crippen molar-refractivity contribution in [3.8, 4) is 0 Å². The summed E-state index contributed by atoms with van der Waals surface area (Å²) >= 11 is 5.78. The Morgan fingerprint density at radius 1 is 1.28 bits per heavy atom. The minimum Gasteiger partial charge on any atom is -0.476 e. The first-order valence-corrected chi connectivity index (χ1v) is 9.84. The van der Waals surface area contributed by atoms with Crippen LogP contribution in [0.2, 0.25) is 5.15 Å². The minimum absolute atomic E-state index is 0.0158. The van der Waals surface area contributed by atoms with Crippen molar-refractivity contribution in [2.24, 2.45) is 7.05 Å². The van der Waals surface area contributed by atoms with Gasteiger partial charge >= 0.3 is 5.97 Å². The van der Waals surface area contributed by atoms with E-state index in [0.29, 0.717) is 0 Å². The number of fused-ring (bicyclic) bond motifs is 1. The topological polar surface area (TPSA) is 100 Å². The number of hydrogen-bond donors (Lipinski definition) is 2. The van der Waals surface area contributed by atoms with Gasteiger partial charge in [0.25, 0.3) is 11.5 Å². The number of halogens is 4. The Kier molecular flexibility index (Phi) is 5.24. The number of alkyl halides is 2. The van der Waals surface area contributed by atoms with Gasteiger partial charge in [-0.2, -0.15) is 0 Å². The lowest BCUT2D eigenvalue weighted by Gasteiger charge is -2.40. The molecule has 168 valence electrons. The maximum atomic E-state index is 14.4. The second kappa shape index (κ2) is 7.66. The molecule has 3 aromatic rings. The maximum Gasteiger partial charge on any atom is 0.356 e. The largest absolute Gasteiger partial charge is 0.476 e. The summed E-state index contributed by atoms with van der Waals surface area (Å²) in [6.45, 7) is 0.453. The molecule has 1 atom stereocenters. The van der Waals surface area contributed by atoms with Crippen molar-refractivity contribution in [2.45, 2.75) is 18.9 Å². The van der Waals surface area contributed by atoms with Crippen molar-refractivity contribution >= 4 is 40.1 Å². The minimum atomic E-state index is -2.87. The Balaban J connectivity index is 1.81. The molecule has 1 aliphatic heterocycles. The van der Waals surface area contributed by atoms with Gasteiger partial charge in [-0.3, -0.25) is 9.36 Å². The van der Waals surface area contributed by atoms with E-state index in [2.05, 4.69) is 15.3 Å². The van der Waals surface area contributed by atoms with Crippen LogP contribution >= 0.6 is 11.6 Å². The molecule has 0 unspecified atom stereocenters. The lowest BCUT2D eigenvalue weighted by Crippen LogP contribution is -2.57. The molecule has 0 saturated carbocycles. The number of hydrogen-bond acceptors (Lipinski definition) is 6. The summed E-state index contributed by atoms with van der Waals surface area (Å²) in [6.07, 6.45) is 0. The number of pyridine rings is 1. The van der Waals surface area contributed by atoms with Gasteiger partial charge in [0.05, 0.1) is 35.7 Å². The Bertz CT molecular complexity index is 1310. The third-order valence-electron chi connectivity index (χ3n) is 5.18. The molecule has 0 amide bonds. The molecule has 1 aliphatic rings. The van der Waals surface area contributed by atoms with E-state index in [4.69, 9.17) is 11.6 Å². The zero-order valence-electron chi connectivity index (χ0n) is 16.9. The van der Waals surface area contributed by atoms with Crippen molar-refractivity contribution in [1.29, 1.82) is 0 Å². The van der Waals surface area contributed by atoms with E-state index in [1.165, 1.54) is 24.1 Å². The number of aromatic nitrogens is 3. The van der Waals surface area contributed by atoms with Crippen LogP contribution in [-0.4, -0.2) is 44.6 Å². The molecule has 1 saturated heterocycles. The second-order valence-electron chi connectivity index (χ2n) is 7.58. The number of nitrogens with one attached hydrogen (secondary N) is 1. The number of nitrogens with zero attached hydrogens (tertiary/aromatic N) is 4. The van der Waals surface area contributed by atoms with Gasteiger partial charge in [0, 0.05) is 12.6 Å². The van der Waals surface area contributed by atoms with Crippen molar-refractivity contribution in [1.82, 2.24) is 14.5 Å². The molecule has 1 aromatic carbocycles. The van der Waals surface area contributed by atoms with Gasteiger partial charge in [-0.15, -0.1) is 0 Å². The molecule has 0 aliphatic carbocycles. The van der Waals surface area contributed by atoms with E-state index in [9.17, 15) is 27.9 Å². The van der Waals surface area contributed by atoms with Gasteiger partial charge in [-0.25, -0.2) is 27.9 Å². The Morgan fingerprint density at radius 2 is 1.97 bits per heavy atom. The summed E-state index contributed by atoms with van der Waals surface area (Å²) < 4.78 is 42.2. The van der Waals surface area contributed by atoms with Gasteiger partial charge in [0.15, 0.2) is 5.69 Å². The van der Waals surface area contributed by atoms with Crippen LogP contribution in [0.4, 0.5) is 24.8 Å². The van der Waals surface area contributed by atoms with E-state index < -0.39 is 42.4 Å². The summed E-state index contributed by atoms with van der Waals surface area (Å²) in [5, 5.41) is 12.3. The summed E-state index contributed by atoms with van der Waals surface area (Å²) in [5.74, 6) is -4.86. The lowest BCUT2D eigenvalue weighted by atomic mass is 10.0. The molecule has 2 aromatic heterocycles. The predicted molar refractivity (Wildman–Crippen MR) is 112 cm³/mol. The van der Waals surface area contributed by atoms with Crippen molar-refractivity contribution < 1.29 is 23.1 Å². The highest BCUT2D eigenvalue weighted by molar-refractivity contribution is 6.29. The molecule has 8 nitrogen and oxygen atoms in total.